The number of nitrogens with one attached hydrogen (secondary N) is 1. The molecule has 0 bridgehead atoms. The van der Waals surface area contributed by atoms with E-state index in [9.17, 15) is 9.59 Å². The monoisotopic (exact) mass is 257 g/mol. The predicted octanol–water partition coefficient (Wildman–Crippen LogP) is 0.980. The van der Waals surface area contributed by atoms with Crippen LogP contribution >= 0.6 is 0 Å². The van der Waals surface area contributed by atoms with E-state index in [4.69, 9.17) is 4.84 Å². The maximum Gasteiger partial charge on any atom is 0.429 e. The number of hydrogen-bond donors (Lipinski definition) is 1. The number of hydrogen-bond acceptors (Lipinski definition) is 4. The van der Waals surface area contributed by atoms with Crippen molar-refractivity contribution < 1.29 is 14.4 Å². The molecular weight excluding hydrogens is 234 g/mol. The number of hydroxylamine groups is 2. The van der Waals surface area contributed by atoms with Gasteiger partial charge < -0.3 is 15.1 Å². The van der Waals surface area contributed by atoms with E-state index in [1.54, 1.807) is 4.90 Å². The first-order chi connectivity index (χ1) is 8.34. The van der Waals surface area contributed by atoms with Crippen molar-refractivity contribution in [2.45, 2.75) is 39.7 Å². The van der Waals surface area contributed by atoms with Gasteiger partial charge in [0.05, 0.1) is 6.54 Å². The number of nitrogens with zero attached hydrogens (tertiary/aromatic N) is 2. The molecule has 1 fully saturated rings. The second-order valence-electron chi connectivity index (χ2n) is 5.39. The maximum atomic E-state index is 12.1. The van der Waals surface area contributed by atoms with E-state index in [1.807, 2.05) is 27.7 Å². The second-order valence-corrected chi connectivity index (χ2v) is 5.39. The average molecular weight is 257 g/mol. The van der Waals surface area contributed by atoms with E-state index in [1.165, 1.54) is 5.06 Å². The molecule has 1 N–H and O–H groups in total. The average Bonchev–Trinajstić information content (AvgIpc) is 2.24. The van der Waals surface area contributed by atoms with Gasteiger partial charge in [-0.3, -0.25) is 4.79 Å². The lowest BCUT2D eigenvalue weighted by Gasteiger charge is -2.36. The lowest BCUT2D eigenvalue weighted by molar-refractivity contribution is -0.151. The molecule has 0 aromatic heterocycles. The largest absolute Gasteiger partial charge is 0.429 e. The van der Waals surface area contributed by atoms with Gasteiger partial charge in [-0.1, -0.05) is 6.92 Å². The fourth-order valence-corrected chi connectivity index (χ4v) is 1.78. The van der Waals surface area contributed by atoms with E-state index >= 15 is 0 Å². The van der Waals surface area contributed by atoms with Crippen LogP contribution in [0.25, 0.3) is 0 Å². The molecule has 0 unspecified atom stereocenters. The van der Waals surface area contributed by atoms with Crippen LogP contribution < -0.4 is 5.32 Å². The Labute approximate surface area is 108 Å². The van der Waals surface area contributed by atoms with Crippen LogP contribution in [0.2, 0.25) is 0 Å². The van der Waals surface area contributed by atoms with Gasteiger partial charge in [0.15, 0.2) is 0 Å². The molecule has 0 saturated carbocycles. The summed E-state index contributed by atoms with van der Waals surface area (Å²) >= 11 is 0. The highest BCUT2D eigenvalue weighted by Gasteiger charge is 2.29. The van der Waals surface area contributed by atoms with Crippen LogP contribution in [0, 0.1) is 0 Å². The fourth-order valence-electron chi connectivity index (χ4n) is 1.78. The molecule has 0 aromatic carbocycles. The molecule has 0 aliphatic carbocycles. The highest BCUT2D eigenvalue weighted by molar-refractivity contribution is 5.78. The minimum atomic E-state index is -0.390. The Morgan fingerprint density at radius 3 is 2.67 bits per heavy atom. The zero-order chi connectivity index (χ0) is 13.8. The first-order valence-electron chi connectivity index (χ1n) is 6.36. The summed E-state index contributed by atoms with van der Waals surface area (Å²) in [7, 11) is 0. The number of rotatable bonds is 3. The second kappa shape index (κ2) is 6.04. The zero-order valence-electron chi connectivity index (χ0n) is 11.7. The van der Waals surface area contributed by atoms with Gasteiger partial charge in [0.2, 0.25) is 5.91 Å². The number of amides is 2. The molecule has 18 heavy (non-hydrogen) atoms. The Bertz CT molecular complexity index is 312. The summed E-state index contributed by atoms with van der Waals surface area (Å²) in [6.45, 7) is 9.70. The van der Waals surface area contributed by atoms with E-state index in [-0.39, 0.29) is 24.1 Å². The highest BCUT2D eigenvalue weighted by atomic mass is 16.7. The number of carbonyl (C=O) groups excluding carboxylic acids is 2. The number of piperazine rings is 1. The molecule has 1 saturated heterocycles. The van der Waals surface area contributed by atoms with E-state index in [2.05, 4.69) is 5.32 Å². The van der Waals surface area contributed by atoms with Crippen molar-refractivity contribution in [2.24, 2.45) is 0 Å². The summed E-state index contributed by atoms with van der Waals surface area (Å²) in [5, 5.41) is 4.10. The topological polar surface area (TPSA) is 61.9 Å². The lowest BCUT2D eigenvalue weighted by atomic mass is 10.1. The normalized spacial score (nSPS) is 17.2. The van der Waals surface area contributed by atoms with Gasteiger partial charge in [0.25, 0.3) is 0 Å². The molecule has 1 rings (SSSR count). The molecule has 0 atom stereocenters. The zero-order valence-corrected chi connectivity index (χ0v) is 11.7. The van der Waals surface area contributed by atoms with Gasteiger partial charge >= 0.3 is 6.09 Å². The summed E-state index contributed by atoms with van der Waals surface area (Å²) in [5.74, 6) is -0.119. The van der Waals surface area contributed by atoms with Crippen molar-refractivity contribution in [3.63, 3.8) is 0 Å². The Morgan fingerprint density at radius 2 is 2.17 bits per heavy atom. The Kier molecular flexibility index (Phi) is 4.95. The van der Waals surface area contributed by atoms with Gasteiger partial charge in [0.1, 0.15) is 6.54 Å². The van der Waals surface area contributed by atoms with Crippen molar-refractivity contribution >= 4 is 12.0 Å². The first-order valence-corrected chi connectivity index (χ1v) is 6.36. The summed E-state index contributed by atoms with van der Waals surface area (Å²) < 4.78 is 0. The third-order valence-corrected chi connectivity index (χ3v) is 2.69. The summed E-state index contributed by atoms with van der Waals surface area (Å²) in [6, 6.07) is 0. The van der Waals surface area contributed by atoms with Crippen LogP contribution in [0.1, 0.15) is 34.1 Å². The molecule has 1 aliphatic rings. The first kappa shape index (κ1) is 14.8. The van der Waals surface area contributed by atoms with E-state index in [0.29, 0.717) is 19.6 Å². The van der Waals surface area contributed by atoms with Crippen LogP contribution in [0.15, 0.2) is 0 Å². The SMILES string of the molecule is CCCN(C(=O)ON1CCNC(=O)C1)C(C)(C)C. The van der Waals surface area contributed by atoms with Crippen molar-refractivity contribution in [1.82, 2.24) is 15.3 Å². The minimum absolute atomic E-state index is 0.107. The predicted molar refractivity (Wildman–Crippen MR) is 67.8 cm³/mol. The quantitative estimate of drug-likeness (QED) is 0.818. The number of carbonyl (C=O) groups is 2. The molecule has 2 amide bonds. The third-order valence-electron chi connectivity index (χ3n) is 2.69. The maximum absolute atomic E-state index is 12.1. The van der Waals surface area contributed by atoms with E-state index in [0.717, 1.165) is 6.42 Å². The molecule has 104 valence electrons. The van der Waals surface area contributed by atoms with Gasteiger partial charge in [-0.25, -0.2) is 4.79 Å². The minimum Gasteiger partial charge on any atom is -0.353 e. The molecule has 0 radical (unpaired) electrons. The summed E-state index contributed by atoms with van der Waals surface area (Å²) in [5.41, 5.74) is -0.287. The molecule has 0 aromatic rings. The smallest absolute Gasteiger partial charge is 0.353 e. The molecular formula is C12H23N3O3. The molecule has 6 heteroatoms. The summed E-state index contributed by atoms with van der Waals surface area (Å²) in [4.78, 5) is 30.2. The van der Waals surface area contributed by atoms with Crippen molar-refractivity contribution in [1.29, 1.82) is 0 Å². The van der Waals surface area contributed by atoms with Gasteiger partial charge in [-0.05, 0) is 27.2 Å². The fraction of sp³-hybridized carbons (Fsp3) is 0.833. The van der Waals surface area contributed by atoms with Gasteiger partial charge in [-0.2, -0.15) is 0 Å². The van der Waals surface area contributed by atoms with Crippen LogP contribution in [-0.2, 0) is 9.63 Å². The molecule has 1 heterocycles. The third kappa shape index (κ3) is 4.18. The van der Waals surface area contributed by atoms with Crippen LogP contribution in [0.4, 0.5) is 4.79 Å². The Morgan fingerprint density at radius 1 is 1.50 bits per heavy atom. The van der Waals surface area contributed by atoms with Gasteiger partial charge in [0, 0.05) is 18.6 Å². The Hall–Kier alpha value is -1.30. The highest BCUT2D eigenvalue weighted by Crippen LogP contribution is 2.16. The van der Waals surface area contributed by atoms with Gasteiger partial charge in [-0.15, -0.1) is 5.06 Å². The standard InChI is InChI=1S/C12H23N3O3/c1-5-7-15(12(2,3)4)11(17)18-14-8-6-13-10(16)9-14/h5-9H2,1-4H3,(H,13,16). The summed E-state index contributed by atoms with van der Waals surface area (Å²) in [6.07, 6.45) is 0.478. The van der Waals surface area contributed by atoms with Crippen molar-refractivity contribution in [3.8, 4) is 0 Å². The molecule has 1 aliphatic heterocycles. The van der Waals surface area contributed by atoms with Crippen LogP contribution in [-0.4, -0.2) is 53.7 Å². The molecule has 0 spiro atoms. The van der Waals surface area contributed by atoms with Crippen molar-refractivity contribution in [2.75, 3.05) is 26.2 Å². The molecule has 6 nitrogen and oxygen atoms in total. The van der Waals surface area contributed by atoms with E-state index < -0.39 is 0 Å². The van der Waals surface area contributed by atoms with Crippen molar-refractivity contribution in [3.05, 3.63) is 0 Å². The van der Waals surface area contributed by atoms with Crippen LogP contribution in [0.5, 0.6) is 0 Å². The lowest BCUT2D eigenvalue weighted by Crippen LogP contribution is -2.52. The van der Waals surface area contributed by atoms with Crippen LogP contribution in [0.3, 0.4) is 0 Å². The Balaban J connectivity index is 2.58.